The van der Waals surface area contributed by atoms with Crippen molar-refractivity contribution in [1.82, 2.24) is 19.9 Å². The highest BCUT2D eigenvalue weighted by Gasteiger charge is 2.18. The fraction of sp³-hybridized carbons (Fsp3) is 0.368. The van der Waals surface area contributed by atoms with Crippen LogP contribution >= 0.6 is 0 Å². The zero-order valence-corrected chi connectivity index (χ0v) is 16.3. The Labute approximate surface area is 158 Å². The van der Waals surface area contributed by atoms with Crippen molar-refractivity contribution in [2.45, 2.75) is 40.3 Å². The minimum atomic E-state index is 0.201. The Morgan fingerprint density at radius 2 is 2.15 bits per heavy atom. The molecule has 0 saturated carbocycles. The average molecular weight is 367 g/mol. The molecule has 0 unspecified atom stereocenters. The maximum absolute atomic E-state index is 8.21. The zero-order valence-electron chi connectivity index (χ0n) is 16.3. The third kappa shape index (κ3) is 4.16. The highest BCUT2D eigenvalue weighted by Crippen LogP contribution is 2.32. The van der Waals surface area contributed by atoms with Gasteiger partial charge in [-0.05, 0) is 33.8 Å². The molecule has 0 aliphatic rings. The van der Waals surface area contributed by atoms with Gasteiger partial charge in [0.15, 0.2) is 0 Å². The van der Waals surface area contributed by atoms with Crippen molar-refractivity contribution in [2.75, 3.05) is 10.6 Å². The van der Waals surface area contributed by atoms with Crippen molar-refractivity contribution in [3.05, 3.63) is 41.7 Å². The van der Waals surface area contributed by atoms with Crippen LogP contribution in [0.2, 0.25) is 0 Å². The molecule has 0 saturated heterocycles. The van der Waals surface area contributed by atoms with Crippen LogP contribution in [0.4, 0.5) is 11.4 Å². The van der Waals surface area contributed by atoms with Crippen molar-refractivity contribution in [3.8, 4) is 11.3 Å². The van der Waals surface area contributed by atoms with Gasteiger partial charge < -0.3 is 20.6 Å². The van der Waals surface area contributed by atoms with Gasteiger partial charge in [-0.15, -0.1) is 0 Å². The maximum atomic E-state index is 8.21. The Morgan fingerprint density at radius 3 is 2.70 bits per heavy atom. The van der Waals surface area contributed by atoms with Crippen molar-refractivity contribution < 1.29 is 4.52 Å². The molecule has 0 bridgehead atoms. The van der Waals surface area contributed by atoms with Gasteiger partial charge in [0, 0.05) is 31.4 Å². The quantitative estimate of drug-likeness (QED) is 0.551. The van der Waals surface area contributed by atoms with Crippen LogP contribution in [0.25, 0.3) is 11.3 Å². The molecule has 3 aromatic heterocycles. The van der Waals surface area contributed by atoms with Crippen molar-refractivity contribution in [1.29, 1.82) is 5.41 Å². The average Bonchev–Trinajstić information content (AvgIpc) is 3.21. The fourth-order valence-corrected chi connectivity index (χ4v) is 2.83. The molecular formula is C19H25N7O. The van der Waals surface area contributed by atoms with E-state index in [9.17, 15) is 0 Å². The van der Waals surface area contributed by atoms with Gasteiger partial charge in [-0.1, -0.05) is 5.16 Å². The lowest BCUT2D eigenvalue weighted by Gasteiger charge is -2.20. The molecule has 0 spiro atoms. The van der Waals surface area contributed by atoms with E-state index >= 15 is 0 Å². The lowest BCUT2D eigenvalue weighted by atomic mass is 10.1. The molecule has 0 aromatic carbocycles. The van der Waals surface area contributed by atoms with Crippen LogP contribution in [0.3, 0.4) is 0 Å². The van der Waals surface area contributed by atoms with Gasteiger partial charge in [-0.3, -0.25) is 4.68 Å². The van der Waals surface area contributed by atoms with E-state index in [0.717, 1.165) is 33.9 Å². The highest BCUT2D eigenvalue weighted by atomic mass is 16.5. The van der Waals surface area contributed by atoms with Gasteiger partial charge in [0.1, 0.15) is 12.0 Å². The fourth-order valence-electron chi connectivity index (χ4n) is 2.83. The van der Waals surface area contributed by atoms with Crippen LogP contribution < -0.4 is 10.6 Å². The molecule has 0 fully saturated rings. The topological polar surface area (TPSA) is 105 Å². The van der Waals surface area contributed by atoms with Crippen LogP contribution in [0.15, 0.2) is 29.2 Å². The summed E-state index contributed by atoms with van der Waals surface area (Å²) < 4.78 is 6.85. The van der Waals surface area contributed by atoms with Gasteiger partial charge in [-0.2, -0.15) is 5.10 Å². The van der Waals surface area contributed by atoms with E-state index in [1.54, 1.807) is 17.9 Å². The van der Waals surface area contributed by atoms with Crippen molar-refractivity contribution in [3.63, 3.8) is 0 Å². The maximum Gasteiger partial charge on any atom is 0.133 e. The second-order valence-corrected chi connectivity index (χ2v) is 6.89. The molecule has 3 heterocycles. The number of anilines is 2. The lowest BCUT2D eigenvalue weighted by Crippen LogP contribution is -2.17. The van der Waals surface area contributed by atoms with E-state index in [4.69, 9.17) is 14.9 Å². The van der Waals surface area contributed by atoms with Crippen LogP contribution in [0.1, 0.15) is 37.7 Å². The van der Waals surface area contributed by atoms with Crippen molar-refractivity contribution >= 4 is 17.1 Å². The van der Waals surface area contributed by atoms with Crippen LogP contribution in [-0.2, 0) is 13.6 Å². The molecule has 0 amide bonds. The molecule has 0 aliphatic heterocycles. The minimum Gasteiger partial charge on any atom is -0.379 e. The first kappa shape index (κ1) is 18.6. The van der Waals surface area contributed by atoms with Gasteiger partial charge in [0.25, 0.3) is 0 Å². The van der Waals surface area contributed by atoms with Crippen LogP contribution in [0.5, 0.6) is 0 Å². The largest absolute Gasteiger partial charge is 0.379 e. The third-order valence-electron chi connectivity index (χ3n) is 4.07. The molecule has 142 valence electrons. The summed E-state index contributed by atoms with van der Waals surface area (Å²) in [7, 11) is 1.89. The number of aryl methyl sites for hydroxylation is 2. The van der Waals surface area contributed by atoms with Gasteiger partial charge in [0.05, 0.1) is 40.2 Å². The van der Waals surface area contributed by atoms with E-state index < -0.39 is 0 Å². The Bertz CT molecular complexity index is 955. The number of rotatable bonds is 7. The Morgan fingerprint density at radius 1 is 1.37 bits per heavy atom. The summed E-state index contributed by atoms with van der Waals surface area (Å²) in [5, 5.41) is 23.3. The second kappa shape index (κ2) is 7.61. The molecule has 8 heteroatoms. The lowest BCUT2D eigenvalue weighted by molar-refractivity contribution is 0.415. The standard InChI is InChI=1S/C19H25N7O/c1-11(2)23-19-17(21-7-14-8-22-26(5)9-14)6-16(24-18(19)12(3)20)15-10-27-25-13(15)4/h6,8-11,20,23H,7H2,1-5H3,(H,21,24). The number of hydrogen-bond acceptors (Lipinski definition) is 7. The first-order chi connectivity index (χ1) is 12.8. The summed E-state index contributed by atoms with van der Waals surface area (Å²) in [6, 6.07) is 2.17. The van der Waals surface area contributed by atoms with Gasteiger partial charge >= 0.3 is 0 Å². The molecule has 3 aromatic rings. The van der Waals surface area contributed by atoms with E-state index in [2.05, 4.69) is 34.7 Å². The van der Waals surface area contributed by atoms with E-state index in [0.29, 0.717) is 18.0 Å². The monoisotopic (exact) mass is 367 g/mol. The Kier molecular flexibility index (Phi) is 5.25. The summed E-state index contributed by atoms with van der Waals surface area (Å²) in [4.78, 5) is 4.70. The summed E-state index contributed by atoms with van der Waals surface area (Å²) in [5.41, 5.74) is 6.06. The van der Waals surface area contributed by atoms with E-state index in [1.165, 1.54) is 0 Å². The molecule has 0 radical (unpaired) electrons. The van der Waals surface area contributed by atoms with Crippen LogP contribution in [-0.4, -0.2) is 31.7 Å². The SMILES string of the molecule is CC(=N)c1nc(-c2conc2C)cc(NCc2cnn(C)c2)c1NC(C)C. The third-order valence-corrected chi connectivity index (χ3v) is 4.07. The summed E-state index contributed by atoms with van der Waals surface area (Å²) >= 11 is 0. The zero-order chi connectivity index (χ0) is 19.6. The number of aromatic nitrogens is 4. The predicted molar refractivity (Wildman–Crippen MR) is 106 cm³/mol. The first-order valence-corrected chi connectivity index (χ1v) is 8.85. The predicted octanol–water partition coefficient (Wildman–Crippen LogP) is 3.60. The second-order valence-electron chi connectivity index (χ2n) is 6.89. The van der Waals surface area contributed by atoms with Gasteiger partial charge in [-0.25, -0.2) is 4.98 Å². The molecule has 27 heavy (non-hydrogen) atoms. The van der Waals surface area contributed by atoms with Crippen LogP contribution in [0, 0.1) is 12.3 Å². The molecule has 8 nitrogen and oxygen atoms in total. The summed E-state index contributed by atoms with van der Waals surface area (Å²) in [6.45, 7) is 8.35. The van der Waals surface area contributed by atoms with E-state index in [1.807, 2.05) is 32.4 Å². The highest BCUT2D eigenvalue weighted by molar-refractivity contribution is 6.03. The number of pyridine rings is 1. The van der Waals surface area contributed by atoms with E-state index in [-0.39, 0.29) is 6.04 Å². The molecular weight excluding hydrogens is 342 g/mol. The smallest absolute Gasteiger partial charge is 0.133 e. The first-order valence-electron chi connectivity index (χ1n) is 8.85. The normalized spacial score (nSPS) is 11.0. The number of hydrogen-bond donors (Lipinski definition) is 3. The molecule has 0 aliphatic carbocycles. The van der Waals surface area contributed by atoms with Crippen molar-refractivity contribution in [2.24, 2.45) is 7.05 Å². The molecule has 3 rings (SSSR count). The molecule has 3 N–H and O–H groups in total. The van der Waals surface area contributed by atoms with Gasteiger partial charge in [0.2, 0.25) is 0 Å². The Balaban J connectivity index is 2.06. The summed E-state index contributed by atoms with van der Waals surface area (Å²) in [6.07, 6.45) is 5.39. The number of nitrogens with zero attached hydrogens (tertiary/aromatic N) is 4. The Hall–Kier alpha value is -3.16. The minimum absolute atomic E-state index is 0.201. The number of nitrogens with one attached hydrogen (secondary N) is 3. The summed E-state index contributed by atoms with van der Waals surface area (Å²) in [5.74, 6) is 0. The molecule has 0 atom stereocenters.